The quantitative estimate of drug-likeness (QED) is 0.544. The van der Waals surface area contributed by atoms with Gasteiger partial charge in [0, 0.05) is 25.0 Å². The van der Waals surface area contributed by atoms with E-state index >= 15 is 0 Å². The Morgan fingerprint density at radius 3 is 2.58 bits per heavy atom. The molecule has 0 bridgehead atoms. The van der Waals surface area contributed by atoms with E-state index < -0.39 is 14.2 Å². The second-order valence-corrected chi connectivity index (χ2v) is 11.3. The van der Waals surface area contributed by atoms with E-state index in [1.165, 1.54) is 6.20 Å². The summed E-state index contributed by atoms with van der Waals surface area (Å²) in [5, 5.41) is 13.5. The largest absolute Gasteiger partial charge is 0.464 e. The number of aromatic nitrogens is 5. The van der Waals surface area contributed by atoms with Crippen LogP contribution in [-0.2, 0) is 7.05 Å². The molecule has 0 aliphatic carbocycles. The molecule has 0 saturated carbocycles. The zero-order valence-electron chi connectivity index (χ0n) is 13.9. The summed E-state index contributed by atoms with van der Waals surface area (Å²) in [6.45, 7) is 6.38. The van der Waals surface area contributed by atoms with Crippen LogP contribution in [0.5, 0.6) is 0 Å². The number of aryl methyl sites for hydroxylation is 1. The Morgan fingerprint density at radius 2 is 2.00 bits per heavy atom. The minimum Gasteiger partial charge on any atom is -0.464 e. The van der Waals surface area contributed by atoms with Gasteiger partial charge in [0.15, 0.2) is 5.65 Å². The van der Waals surface area contributed by atoms with Crippen molar-refractivity contribution in [3.63, 3.8) is 0 Å². The van der Waals surface area contributed by atoms with Crippen molar-refractivity contribution in [1.29, 1.82) is 0 Å². The van der Waals surface area contributed by atoms with Crippen LogP contribution >= 0.6 is 0 Å². The van der Waals surface area contributed by atoms with E-state index in [1.54, 1.807) is 17.1 Å². The number of rotatable bonds is 1. The third kappa shape index (κ3) is 3.07. The number of carbonyl (C=O) groups is 1. The van der Waals surface area contributed by atoms with Gasteiger partial charge in [-0.05, 0) is 0 Å². The Kier molecular flexibility index (Phi) is 3.73. The number of carboxylic acid groups (broad SMARTS) is 1. The number of nitrogens with zero attached hydrogens (tertiary/aromatic N) is 5. The molecule has 0 amide bonds. The van der Waals surface area contributed by atoms with Gasteiger partial charge in [-0.25, -0.2) is 19.3 Å². The Morgan fingerprint density at radius 1 is 1.25 bits per heavy atom. The number of hydrogen-bond acceptors (Lipinski definition) is 4. The van der Waals surface area contributed by atoms with Crippen LogP contribution in [0.1, 0.15) is 5.56 Å². The molecule has 0 spiro atoms. The summed E-state index contributed by atoms with van der Waals surface area (Å²) in [5.41, 5.74) is 6.05. The van der Waals surface area contributed by atoms with E-state index in [0.717, 1.165) is 10.1 Å². The van der Waals surface area contributed by atoms with Crippen LogP contribution in [0, 0.1) is 11.5 Å². The first-order valence-electron chi connectivity index (χ1n) is 7.38. The highest BCUT2D eigenvalue weighted by molar-refractivity contribution is 6.83. The molecular weight excluding hydrogens is 322 g/mol. The van der Waals surface area contributed by atoms with Crippen LogP contribution in [-0.4, -0.2) is 43.6 Å². The topological polar surface area (TPSA) is 85.8 Å². The molecule has 0 aliphatic heterocycles. The van der Waals surface area contributed by atoms with E-state index in [9.17, 15) is 9.90 Å². The summed E-state index contributed by atoms with van der Waals surface area (Å²) in [7, 11) is 0.222. The molecule has 0 aliphatic rings. The third-order valence-electron chi connectivity index (χ3n) is 3.27. The molecule has 0 saturated heterocycles. The van der Waals surface area contributed by atoms with Gasteiger partial charge in [0.25, 0.3) is 0 Å². The van der Waals surface area contributed by atoms with Crippen molar-refractivity contribution in [1.82, 2.24) is 24.3 Å². The van der Waals surface area contributed by atoms with E-state index in [-0.39, 0.29) is 5.65 Å². The van der Waals surface area contributed by atoms with Crippen LogP contribution in [0.15, 0.2) is 24.8 Å². The monoisotopic (exact) mass is 339 g/mol. The predicted molar refractivity (Wildman–Crippen MR) is 93.4 cm³/mol. The molecule has 7 nitrogen and oxygen atoms in total. The Balaban J connectivity index is 2.22. The van der Waals surface area contributed by atoms with Gasteiger partial charge in [0.05, 0.1) is 23.7 Å². The van der Waals surface area contributed by atoms with Gasteiger partial charge in [-0.15, -0.1) is 5.54 Å². The molecule has 3 heterocycles. The molecule has 0 atom stereocenters. The Labute approximate surface area is 140 Å². The van der Waals surface area contributed by atoms with Gasteiger partial charge in [-0.3, -0.25) is 4.68 Å². The summed E-state index contributed by atoms with van der Waals surface area (Å²) < 4.78 is 2.74. The second-order valence-electron chi connectivity index (χ2n) is 6.53. The van der Waals surface area contributed by atoms with Crippen molar-refractivity contribution in [2.75, 3.05) is 0 Å². The summed E-state index contributed by atoms with van der Waals surface area (Å²) >= 11 is 0. The third-order valence-corrected chi connectivity index (χ3v) is 4.15. The average Bonchev–Trinajstić information content (AvgIpc) is 3.07. The maximum Gasteiger partial charge on any atom is 0.417 e. The van der Waals surface area contributed by atoms with Crippen LogP contribution < -0.4 is 0 Å². The first kappa shape index (κ1) is 16.0. The highest BCUT2D eigenvalue weighted by Crippen LogP contribution is 2.22. The number of hydrogen-bond donors (Lipinski definition) is 1. The highest BCUT2D eigenvalue weighted by atomic mass is 28.3. The van der Waals surface area contributed by atoms with E-state index in [0.29, 0.717) is 16.8 Å². The second kappa shape index (κ2) is 5.61. The molecule has 3 aromatic rings. The van der Waals surface area contributed by atoms with Crippen molar-refractivity contribution in [3.05, 3.63) is 30.4 Å². The molecule has 122 valence electrons. The summed E-state index contributed by atoms with van der Waals surface area (Å²) in [5.74, 6) is 3.09. The lowest BCUT2D eigenvalue weighted by molar-refractivity contribution is 0.197. The normalized spacial score (nSPS) is 11.3. The first-order valence-corrected chi connectivity index (χ1v) is 10.9. The van der Waals surface area contributed by atoms with Crippen molar-refractivity contribution in [2.45, 2.75) is 19.6 Å². The van der Waals surface area contributed by atoms with Gasteiger partial charge < -0.3 is 5.11 Å². The molecule has 0 aromatic carbocycles. The van der Waals surface area contributed by atoms with Crippen molar-refractivity contribution in [3.8, 4) is 22.7 Å². The standard InChI is InChI=1S/C16H17N5O2Si/c1-20-9-12(7-18-20)13-8-17-15-14(19-13)11(5-6-24(2,3)4)10-21(15)16(22)23/h7-10H,1-4H3,(H,22,23). The minimum atomic E-state index is -1.60. The zero-order chi connectivity index (χ0) is 17.5. The highest BCUT2D eigenvalue weighted by Gasteiger charge is 2.17. The van der Waals surface area contributed by atoms with Crippen LogP contribution in [0.25, 0.3) is 22.4 Å². The lowest BCUT2D eigenvalue weighted by atomic mass is 10.2. The lowest BCUT2D eigenvalue weighted by Gasteiger charge is -2.02. The molecule has 0 unspecified atom stereocenters. The fraction of sp³-hybridized carbons (Fsp3) is 0.250. The van der Waals surface area contributed by atoms with Crippen molar-refractivity contribution >= 4 is 25.3 Å². The molecule has 3 rings (SSSR count). The summed E-state index contributed by atoms with van der Waals surface area (Å²) in [4.78, 5) is 20.3. The van der Waals surface area contributed by atoms with Crippen LogP contribution in [0.2, 0.25) is 19.6 Å². The zero-order valence-corrected chi connectivity index (χ0v) is 14.9. The minimum absolute atomic E-state index is 0.287. The SMILES string of the molecule is Cn1cc(-c2cnc3c(n2)c(C#C[Si](C)(C)C)cn3C(=O)O)cn1. The first-order chi connectivity index (χ1) is 11.2. The smallest absolute Gasteiger partial charge is 0.417 e. The average molecular weight is 339 g/mol. The molecular formula is C16H17N5O2Si. The Bertz CT molecular complexity index is 1000. The molecule has 8 heteroatoms. The van der Waals surface area contributed by atoms with Crippen LogP contribution in [0.4, 0.5) is 4.79 Å². The predicted octanol–water partition coefficient (Wildman–Crippen LogP) is 2.59. The molecule has 1 N–H and O–H groups in total. The molecule has 0 radical (unpaired) electrons. The van der Waals surface area contributed by atoms with Gasteiger partial charge in [-0.1, -0.05) is 25.6 Å². The summed E-state index contributed by atoms with van der Waals surface area (Å²) in [6, 6.07) is 0. The fourth-order valence-electron chi connectivity index (χ4n) is 2.18. The van der Waals surface area contributed by atoms with Crippen molar-refractivity contribution in [2.24, 2.45) is 7.05 Å². The Hall–Kier alpha value is -2.92. The molecule has 0 fully saturated rings. The number of fused-ring (bicyclic) bond motifs is 1. The van der Waals surface area contributed by atoms with E-state index in [2.05, 4.69) is 46.2 Å². The van der Waals surface area contributed by atoms with E-state index in [4.69, 9.17) is 0 Å². The lowest BCUT2D eigenvalue weighted by Crippen LogP contribution is -2.16. The van der Waals surface area contributed by atoms with Gasteiger partial charge in [0.2, 0.25) is 0 Å². The molecule has 24 heavy (non-hydrogen) atoms. The van der Waals surface area contributed by atoms with Gasteiger partial charge in [-0.2, -0.15) is 5.10 Å². The van der Waals surface area contributed by atoms with Crippen molar-refractivity contribution < 1.29 is 9.90 Å². The van der Waals surface area contributed by atoms with E-state index in [1.807, 2.05) is 13.2 Å². The van der Waals surface area contributed by atoms with Gasteiger partial charge >= 0.3 is 6.09 Å². The van der Waals surface area contributed by atoms with Gasteiger partial charge in [0.1, 0.15) is 13.6 Å². The maximum atomic E-state index is 11.4. The maximum absolute atomic E-state index is 11.4. The summed E-state index contributed by atoms with van der Waals surface area (Å²) in [6.07, 6.45) is 5.45. The molecule has 3 aromatic heterocycles. The fourth-order valence-corrected chi connectivity index (χ4v) is 2.69. The van der Waals surface area contributed by atoms with Crippen LogP contribution in [0.3, 0.4) is 0 Å².